The van der Waals surface area contributed by atoms with E-state index in [4.69, 9.17) is 0 Å². The number of hydrogen-bond donors (Lipinski definition) is 0. The van der Waals surface area contributed by atoms with Gasteiger partial charge in [0.25, 0.3) is 0 Å². The zero-order chi connectivity index (χ0) is 22.3. The van der Waals surface area contributed by atoms with Crippen molar-refractivity contribution in [2.75, 3.05) is 26.7 Å². The highest BCUT2D eigenvalue weighted by atomic mass is 32.3. The fourth-order valence-corrected chi connectivity index (χ4v) is 4.34. The van der Waals surface area contributed by atoms with Crippen LogP contribution in [0.3, 0.4) is 0 Å². The Morgan fingerprint density at radius 3 is 1.57 bits per heavy atom. The number of sulfonamides is 2. The monoisotopic (exact) mass is 464 g/mol. The van der Waals surface area contributed by atoms with Gasteiger partial charge in [0.2, 0.25) is 0 Å². The molecule has 28 heavy (non-hydrogen) atoms. The van der Waals surface area contributed by atoms with Crippen LogP contribution in [0.25, 0.3) is 4.13 Å². The van der Waals surface area contributed by atoms with E-state index in [1.807, 2.05) is 0 Å². The molecule has 0 aromatic heterocycles. The van der Waals surface area contributed by atoms with Gasteiger partial charge >= 0.3 is 11.0 Å². The lowest BCUT2D eigenvalue weighted by Crippen LogP contribution is -2.48. The molecule has 1 fully saturated rings. The number of nitrogens with zero attached hydrogens (tertiary/aromatic N) is 2. The van der Waals surface area contributed by atoms with Crippen molar-refractivity contribution >= 4 is 20.0 Å². The molecule has 1 heterocycles. The molecular formula is C14H26F6N2O4S2. The van der Waals surface area contributed by atoms with Crippen molar-refractivity contribution in [2.45, 2.75) is 62.9 Å². The fourth-order valence-electron chi connectivity index (χ4n) is 2.63. The first kappa shape index (κ1) is 27.4. The minimum Gasteiger partial charge on any atom is -0.421 e. The van der Waals surface area contributed by atoms with Crippen LogP contribution < -0.4 is 0 Å². The summed E-state index contributed by atoms with van der Waals surface area (Å²) in [7, 11) is -11.0. The second-order valence-corrected chi connectivity index (χ2v) is 10.3. The van der Waals surface area contributed by atoms with E-state index in [1.165, 1.54) is 69.1 Å². The molecule has 1 aliphatic heterocycles. The van der Waals surface area contributed by atoms with Gasteiger partial charge in [-0.3, -0.25) is 0 Å². The number of quaternary nitrogens is 1. The van der Waals surface area contributed by atoms with Gasteiger partial charge in [-0.25, -0.2) is 16.8 Å². The minimum atomic E-state index is -6.72. The van der Waals surface area contributed by atoms with Gasteiger partial charge in [-0.15, -0.1) is 0 Å². The van der Waals surface area contributed by atoms with E-state index in [9.17, 15) is 43.2 Å². The highest BCUT2D eigenvalue weighted by molar-refractivity contribution is 8.13. The van der Waals surface area contributed by atoms with Crippen molar-refractivity contribution in [1.82, 2.24) is 0 Å². The van der Waals surface area contributed by atoms with Gasteiger partial charge < -0.3 is 8.61 Å². The van der Waals surface area contributed by atoms with Gasteiger partial charge in [-0.05, 0) is 32.1 Å². The summed E-state index contributed by atoms with van der Waals surface area (Å²) in [5.74, 6) is 0. The van der Waals surface area contributed by atoms with E-state index in [1.54, 1.807) is 0 Å². The molecule has 0 N–H and O–H groups in total. The number of piperidine rings is 1. The Morgan fingerprint density at radius 1 is 0.786 bits per heavy atom. The molecule has 0 spiro atoms. The number of halogens is 6. The molecule has 0 saturated carbocycles. The van der Waals surface area contributed by atoms with Crippen LogP contribution in [0.4, 0.5) is 26.3 Å². The van der Waals surface area contributed by atoms with Crippen molar-refractivity contribution in [3.8, 4) is 0 Å². The van der Waals surface area contributed by atoms with Gasteiger partial charge in [-0.2, -0.15) is 26.3 Å². The molecule has 0 unspecified atom stereocenters. The molecule has 0 radical (unpaired) electrons. The maximum Gasteiger partial charge on any atom is 0.480 e. The van der Waals surface area contributed by atoms with Crippen LogP contribution >= 0.6 is 0 Å². The van der Waals surface area contributed by atoms with Crippen LogP contribution in [-0.2, 0) is 20.0 Å². The Kier molecular flexibility index (Phi) is 10.2. The van der Waals surface area contributed by atoms with Gasteiger partial charge in [0.1, 0.15) is 0 Å². The van der Waals surface area contributed by atoms with Crippen LogP contribution in [0.5, 0.6) is 0 Å². The van der Waals surface area contributed by atoms with Crippen LogP contribution in [-0.4, -0.2) is 59.0 Å². The van der Waals surface area contributed by atoms with Gasteiger partial charge in [0.15, 0.2) is 20.0 Å². The molecule has 14 heteroatoms. The summed E-state index contributed by atoms with van der Waals surface area (Å²) in [6.07, 6.45) is 10.1. The normalized spacial score (nSPS) is 18.3. The first-order valence-corrected chi connectivity index (χ1v) is 11.6. The van der Waals surface area contributed by atoms with Crippen molar-refractivity contribution in [3.63, 3.8) is 0 Å². The predicted molar refractivity (Wildman–Crippen MR) is 92.1 cm³/mol. The summed E-state index contributed by atoms with van der Waals surface area (Å²) in [6.45, 7) is 6.59. The first-order chi connectivity index (χ1) is 12.5. The lowest BCUT2D eigenvalue weighted by Gasteiger charge is -2.37. The quantitative estimate of drug-likeness (QED) is 0.320. The Morgan fingerprint density at radius 2 is 1.21 bits per heavy atom. The number of unbranched alkanes of at least 4 members (excludes halogenated alkanes) is 3. The average molecular weight is 464 g/mol. The molecule has 1 saturated heterocycles. The molecule has 0 aromatic carbocycles. The number of rotatable bonds is 7. The summed E-state index contributed by atoms with van der Waals surface area (Å²) < 4.78 is 111. The Labute approximate surface area is 162 Å². The van der Waals surface area contributed by atoms with Crippen LogP contribution in [0, 0.1) is 0 Å². The first-order valence-electron chi connectivity index (χ1n) is 8.68. The van der Waals surface area contributed by atoms with Gasteiger partial charge in [-0.1, -0.05) is 19.8 Å². The highest BCUT2D eigenvalue weighted by Gasteiger charge is 2.46. The molecule has 0 atom stereocenters. The van der Waals surface area contributed by atoms with Crippen LogP contribution in [0.1, 0.15) is 51.9 Å². The highest BCUT2D eigenvalue weighted by Crippen LogP contribution is 2.36. The van der Waals surface area contributed by atoms with E-state index in [2.05, 4.69) is 14.0 Å². The largest absolute Gasteiger partial charge is 0.480 e. The molecule has 0 aliphatic carbocycles. The van der Waals surface area contributed by atoms with Crippen molar-refractivity contribution < 1.29 is 47.7 Å². The molecule has 1 aliphatic rings. The van der Waals surface area contributed by atoms with E-state index in [-0.39, 0.29) is 0 Å². The molecular weight excluding hydrogens is 438 g/mol. The minimum absolute atomic E-state index is 0.778. The number of likely N-dealkylation sites (tertiary alicyclic amines) is 1. The average Bonchev–Trinajstić information content (AvgIpc) is 2.50. The summed E-state index contributed by atoms with van der Waals surface area (Å²) in [4.78, 5) is 0. The van der Waals surface area contributed by atoms with E-state index < -0.39 is 31.1 Å². The van der Waals surface area contributed by atoms with Crippen LogP contribution in [0.2, 0.25) is 0 Å². The molecule has 0 aromatic rings. The van der Waals surface area contributed by atoms with Crippen molar-refractivity contribution in [1.29, 1.82) is 0 Å². The van der Waals surface area contributed by atoms with E-state index >= 15 is 0 Å². The third-order valence-electron chi connectivity index (χ3n) is 4.23. The molecule has 1 rings (SSSR count). The number of hydrogen-bond acceptors (Lipinski definition) is 4. The lowest BCUT2D eigenvalue weighted by molar-refractivity contribution is -0.914. The summed E-state index contributed by atoms with van der Waals surface area (Å²) in [5.41, 5.74) is -12.4. The van der Waals surface area contributed by atoms with Gasteiger partial charge in [0, 0.05) is 0 Å². The fraction of sp³-hybridized carbons (Fsp3) is 1.00. The molecule has 0 amide bonds. The second kappa shape index (κ2) is 10.4. The third kappa shape index (κ3) is 9.27. The Hall–Kier alpha value is -0.600. The summed E-state index contributed by atoms with van der Waals surface area (Å²) in [5, 5.41) is 0. The SMILES string of the molecule is CCCCCC[N+]1(C)CCCCC1.O=S(=O)([N-]S(=O)(=O)C(F)(F)F)C(F)(F)F. The zero-order valence-electron chi connectivity index (χ0n) is 15.7. The number of alkyl halides is 6. The third-order valence-corrected chi connectivity index (χ3v) is 6.97. The molecule has 170 valence electrons. The standard InChI is InChI=1S/C12H26N.C2F6NO4S2/c1-3-4-5-7-10-13(2)11-8-6-9-12-13;3-1(4,5)14(10,11)9-15(12,13)2(6,7)8/h3-12H2,1-2H3;/q+1;-1. The van der Waals surface area contributed by atoms with Gasteiger partial charge in [0.05, 0.1) is 26.7 Å². The van der Waals surface area contributed by atoms with E-state index in [0.29, 0.717) is 0 Å². The van der Waals surface area contributed by atoms with Crippen LogP contribution in [0.15, 0.2) is 0 Å². The van der Waals surface area contributed by atoms with Crippen molar-refractivity contribution in [3.05, 3.63) is 4.13 Å². The smallest absolute Gasteiger partial charge is 0.421 e. The van der Waals surface area contributed by atoms with E-state index in [0.717, 1.165) is 4.13 Å². The Balaban J connectivity index is 0.000000525. The zero-order valence-corrected chi connectivity index (χ0v) is 17.3. The lowest BCUT2D eigenvalue weighted by atomic mass is 10.1. The Bertz CT molecular complexity index is 627. The maximum atomic E-state index is 11.4. The molecule has 0 bridgehead atoms. The topological polar surface area (TPSA) is 82.4 Å². The predicted octanol–water partition coefficient (Wildman–Crippen LogP) is 4.26. The summed E-state index contributed by atoms with van der Waals surface area (Å²) >= 11 is 0. The summed E-state index contributed by atoms with van der Waals surface area (Å²) in [6, 6.07) is 0. The molecule has 6 nitrogen and oxygen atoms in total. The van der Waals surface area contributed by atoms with Crippen molar-refractivity contribution in [2.24, 2.45) is 0 Å². The maximum absolute atomic E-state index is 11.4. The second-order valence-electron chi connectivity index (χ2n) is 6.83.